The van der Waals surface area contributed by atoms with Crippen molar-refractivity contribution in [2.24, 2.45) is 11.7 Å². The number of aryl methyl sites for hydroxylation is 1. The summed E-state index contributed by atoms with van der Waals surface area (Å²) in [7, 11) is 0. The minimum Gasteiger partial charge on any atom is -0.351 e. The van der Waals surface area contributed by atoms with Crippen LogP contribution in [-0.2, 0) is 9.59 Å². The Bertz CT molecular complexity index is 1040. The number of benzene rings is 2. The third-order valence-corrected chi connectivity index (χ3v) is 7.17. The van der Waals surface area contributed by atoms with Gasteiger partial charge < -0.3 is 20.9 Å². The Kier molecular flexibility index (Phi) is 8.18. The molecule has 0 aromatic heterocycles. The smallest absolute Gasteiger partial charge is 0.263 e. The van der Waals surface area contributed by atoms with Crippen LogP contribution in [0.5, 0.6) is 0 Å². The molecule has 2 aliphatic rings. The highest BCUT2D eigenvalue weighted by Gasteiger charge is 2.44. The molecule has 7 nitrogen and oxygen atoms in total. The molecule has 1 aliphatic heterocycles. The fourth-order valence-corrected chi connectivity index (χ4v) is 5.53. The van der Waals surface area contributed by atoms with Gasteiger partial charge in [0.15, 0.2) is 6.17 Å². The lowest BCUT2D eigenvalue weighted by Gasteiger charge is -2.44. The summed E-state index contributed by atoms with van der Waals surface area (Å²) in [4.78, 5) is 44.4. The molecule has 0 bridgehead atoms. The van der Waals surface area contributed by atoms with Gasteiger partial charge in [0.05, 0.1) is 5.92 Å². The first-order valence-corrected chi connectivity index (χ1v) is 12.7. The fraction of sp³-hybridized carbons (Fsp3) is 0.464. The fourth-order valence-electron chi connectivity index (χ4n) is 5.53. The van der Waals surface area contributed by atoms with Crippen molar-refractivity contribution in [3.8, 4) is 0 Å². The maximum absolute atomic E-state index is 14.2. The van der Waals surface area contributed by atoms with Gasteiger partial charge in [0.25, 0.3) is 11.8 Å². The van der Waals surface area contributed by atoms with Crippen molar-refractivity contribution in [1.29, 1.82) is 0 Å². The van der Waals surface area contributed by atoms with Crippen LogP contribution in [0.2, 0.25) is 0 Å². The molecule has 1 aliphatic carbocycles. The molecule has 1 saturated heterocycles. The maximum Gasteiger partial charge on any atom is 0.263 e. The number of nitrogens with zero attached hydrogens (tertiary/aromatic N) is 2. The number of nitrogens with one attached hydrogen (secondary N) is 1. The Balaban J connectivity index is 1.69. The van der Waals surface area contributed by atoms with E-state index < -0.39 is 6.17 Å². The molecule has 1 saturated carbocycles. The molecule has 2 aromatic carbocycles. The molecule has 2 aromatic rings. The Morgan fingerprint density at radius 3 is 2.37 bits per heavy atom. The zero-order chi connectivity index (χ0) is 24.8. The number of hydrogen-bond acceptors (Lipinski definition) is 4. The van der Waals surface area contributed by atoms with Gasteiger partial charge in [0.2, 0.25) is 5.91 Å². The Labute approximate surface area is 207 Å². The Morgan fingerprint density at radius 1 is 0.971 bits per heavy atom. The van der Waals surface area contributed by atoms with Crippen molar-refractivity contribution in [2.45, 2.75) is 51.1 Å². The molecule has 0 radical (unpaired) electrons. The highest BCUT2D eigenvalue weighted by Crippen LogP contribution is 2.39. The quantitative estimate of drug-likeness (QED) is 0.642. The van der Waals surface area contributed by atoms with Crippen LogP contribution >= 0.6 is 0 Å². The molecule has 2 atom stereocenters. The zero-order valence-electron chi connectivity index (χ0n) is 20.5. The maximum atomic E-state index is 14.2. The van der Waals surface area contributed by atoms with Crippen LogP contribution in [0.1, 0.15) is 59.5 Å². The molecule has 0 spiro atoms. The number of nitrogens with two attached hydrogens (primary N) is 1. The van der Waals surface area contributed by atoms with Gasteiger partial charge in [0, 0.05) is 31.7 Å². The molecule has 35 heavy (non-hydrogen) atoms. The van der Waals surface area contributed by atoms with Gasteiger partial charge in [0.1, 0.15) is 0 Å². The summed E-state index contributed by atoms with van der Waals surface area (Å²) in [5, 5.41) is 2.83. The van der Waals surface area contributed by atoms with Crippen molar-refractivity contribution in [2.75, 3.05) is 26.2 Å². The van der Waals surface area contributed by atoms with E-state index in [9.17, 15) is 14.4 Å². The van der Waals surface area contributed by atoms with Crippen molar-refractivity contribution >= 4 is 17.7 Å². The largest absolute Gasteiger partial charge is 0.351 e. The number of hydrogen-bond donors (Lipinski definition) is 2. The third-order valence-electron chi connectivity index (χ3n) is 7.17. The van der Waals surface area contributed by atoms with E-state index in [0.717, 1.165) is 36.8 Å². The van der Waals surface area contributed by atoms with Crippen molar-refractivity contribution in [1.82, 2.24) is 15.1 Å². The molecule has 2 fully saturated rings. The second kappa shape index (κ2) is 11.5. The van der Waals surface area contributed by atoms with E-state index in [1.54, 1.807) is 15.9 Å². The van der Waals surface area contributed by atoms with Crippen molar-refractivity contribution in [3.05, 3.63) is 71.3 Å². The number of carbonyl (C=O) groups excluding carboxylic acids is 3. The van der Waals surface area contributed by atoms with Crippen molar-refractivity contribution < 1.29 is 14.4 Å². The summed E-state index contributed by atoms with van der Waals surface area (Å²) in [6.07, 6.45) is 3.84. The first-order chi connectivity index (χ1) is 17.0. The van der Waals surface area contributed by atoms with Crippen LogP contribution in [0, 0.1) is 12.8 Å². The summed E-state index contributed by atoms with van der Waals surface area (Å²) >= 11 is 0. The SMILES string of the molecule is Cc1cccc(C(=O)N2CCCN(C(=O)C(c3ccccc3)C3CCCC3)C2C(=O)NCCN)c1. The lowest BCUT2D eigenvalue weighted by atomic mass is 9.83. The molecule has 3 N–H and O–H groups in total. The second-order valence-corrected chi connectivity index (χ2v) is 9.64. The zero-order valence-corrected chi connectivity index (χ0v) is 20.5. The number of amides is 3. The molecular formula is C28H36N4O3. The standard InChI is InChI=1S/C28H36N4O3/c1-20-9-7-14-23(19-20)27(34)31-17-8-18-32(26(31)25(33)30-16-15-29)28(35)24(22-12-5-6-13-22)21-10-3-2-4-11-21/h2-4,7,9-11,14,19,22,24,26H,5-6,8,12-13,15-18,29H2,1H3,(H,30,33). The lowest BCUT2D eigenvalue weighted by Crippen LogP contribution is -2.64. The normalized spacial score (nSPS) is 19.4. The van der Waals surface area contributed by atoms with Gasteiger partial charge in [-0.3, -0.25) is 14.4 Å². The van der Waals surface area contributed by atoms with Gasteiger partial charge in [-0.25, -0.2) is 0 Å². The summed E-state index contributed by atoms with van der Waals surface area (Å²) in [5.41, 5.74) is 8.10. The topological polar surface area (TPSA) is 95.7 Å². The minimum absolute atomic E-state index is 0.0715. The van der Waals surface area contributed by atoms with Crippen LogP contribution < -0.4 is 11.1 Å². The number of carbonyl (C=O) groups is 3. The van der Waals surface area contributed by atoms with Crippen LogP contribution in [0.25, 0.3) is 0 Å². The van der Waals surface area contributed by atoms with Gasteiger partial charge in [-0.1, -0.05) is 60.9 Å². The summed E-state index contributed by atoms with van der Waals surface area (Å²) in [6.45, 7) is 3.35. The average molecular weight is 477 g/mol. The van der Waals surface area contributed by atoms with Gasteiger partial charge >= 0.3 is 0 Å². The first kappa shape index (κ1) is 24.9. The molecule has 7 heteroatoms. The van der Waals surface area contributed by atoms with Gasteiger partial charge in [-0.15, -0.1) is 0 Å². The van der Waals surface area contributed by atoms with Gasteiger partial charge in [-0.05, 0) is 49.8 Å². The molecular weight excluding hydrogens is 440 g/mol. The van der Waals surface area contributed by atoms with Crippen LogP contribution in [0.15, 0.2) is 54.6 Å². The summed E-state index contributed by atoms with van der Waals surface area (Å²) in [5.74, 6) is -0.755. The first-order valence-electron chi connectivity index (χ1n) is 12.7. The Morgan fingerprint density at radius 2 is 1.69 bits per heavy atom. The van der Waals surface area contributed by atoms with Crippen molar-refractivity contribution in [3.63, 3.8) is 0 Å². The van der Waals surface area contributed by atoms with E-state index in [4.69, 9.17) is 5.73 Å². The Hall–Kier alpha value is -3.19. The van der Waals surface area contributed by atoms with Crippen LogP contribution in [0.3, 0.4) is 0 Å². The predicted molar refractivity (Wildman–Crippen MR) is 136 cm³/mol. The van der Waals surface area contributed by atoms with Crippen LogP contribution in [0.4, 0.5) is 0 Å². The summed E-state index contributed by atoms with van der Waals surface area (Å²) in [6, 6.07) is 17.2. The van der Waals surface area contributed by atoms with E-state index in [1.807, 2.05) is 55.5 Å². The third kappa shape index (κ3) is 5.56. The van der Waals surface area contributed by atoms with E-state index in [0.29, 0.717) is 25.1 Å². The van der Waals surface area contributed by atoms with E-state index >= 15 is 0 Å². The van der Waals surface area contributed by atoms with E-state index in [1.165, 1.54) is 0 Å². The van der Waals surface area contributed by atoms with Gasteiger partial charge in [-0.2, -0.15) is 0 Å². The lowest BCUT2D eigenvalue weighted by molar-refractivity contribution is -0.151. The van der Waals surface area contributed by atoms with E-state index in [-0.39, 0.29) is 42.6 Å². The van der Waals surface area contributed by atoms with E-state index in [2.05, 4.69) is 5.32 Å². The average Bonchev–Trinajstić information content (AvgIpc) is 3.41. The molecule has 186 valence electrons. The molecule has 2 unspecified atom stereocenters. The minimum atomic E-state index is -0.997. The highest BCUT2D eigenvalue weighted by molar-refractivity contribution is 5.99. The van der Waals surface area contributed by atoms with Crippen LogP contribution in [-0.4, -0.2) is 59.9 Å². The molecule has 1 heterocycles. The highest BCUT2D eigenvalue weighted by atomic mass is 16.2. The second-order valence-electron chi connectivity index (χ2n) is 9.64. The summed E-state index contributed by atoms with van der Waals surface area (Å²) < 4.78 is 0. The molecule has 3 amide bonds. The molecule has 4 rings (SSSR count). The monoisotopic (exact) mass is 476 g/mol. The number of rotatable bonds is 7. The predicted octanol–water partition coefficient (Wildman–Crippen LogP) is 3.04.